The maximum atomic E-state index is 10.5. The zero-order valence-electron chi connectivity index (χ0n) is 5.39. The Hall–Kier alpha value is -0.590. The summed E-state index contributed by atoms with van der Waals surface area (Å²) in [5.41, 5.74) is 1.17. The Morgan fingerprint density at radius 2 is 2.56 bits per heavy atom. The Morgan fingerprint density at radius 3 is 2.78 bits per heavy atom. The molecule has 1 nitrogen and oxygen atoms in total. The van der Waals surface area contributed by atoms with Crippen LogP contribution in [0.2, 0.25) is 0 Å². The zero-order chi connectivity index (χ0) is 6.48. The van der Waals surface area contributed by atoms with Crippen molar-refractivity contribution in [2.24, 2.45) is 11.3 Å². The first-order valence-electron chi connectivity index (χ1n) is 3.44. The molecular weight excluding hydrogens is 112 g/mol. The molecule has 2 rings (SSSR count). The van der Waals surface area contributed by atoms with E-state index in [0.29, 0.717) is 5.92 Å². The average Bonchev–Trinajstić information content (AvgIpc) is 2.52. The lowest BCUT2D eigenvalue weighted by Gasteiger charge is -2.01. The molecule has 0 radical (unpaired) electrons. The fraction of sp³-hybridized carbons (Fsp3) is 0.625. The lowest BCUT2D eigenvalue weighted by molar-refractivity contribution is -0.111. The van der Waals surface area contributed by atoms with Crippen LogP contribution in [0.15, 0.2) is 12.2 Å². The van der Waals surface area contributed by atoms with E-state index in [-0.39, 0.29) is 5.41 Å². The van der Waals surface area contributed by atoms with Gasteiger partial charge in [0.25, 0.3) is 0 Å². The third-order valence-corrected chi connectivity index (χ3v) is 2.82. The highest BCUT2D eigenvalue weighted by Gasteiger charge is 2.59. The van der Waals surface area contributed by atoms with Crippen molar-refractivity contribution in [2.45, 2.75) is 19.3 Å². The minimum atomic E-state index is -0.0139. The van der Waals surface area contributed by atoms with Crippen LogP contribution in [0.1, 0.15) is 19.3 Å². The van der Waals surface area contributed by atoms with E-state index in [1.165, 1.54) is 12.0 Å². The van der Waals surface area contributed by atoms with E-state index in [9.17, 15) is 4.79 Å². The van der Waals surface area contributed by atoms with Crippen molar-refractivity contribution in [1.82, 2.24) is 0 Å². The molecule has 2 unspecified atom stereocenters. The average molecular weight is 122 g/mol. The van der Waals surface area contributed by atoms with Crippen molar-refractivity contribution in [3.63, 3.8) is 0 Å². The lowest BCUT2D eigenvalue weighted by Crippen LogP contribution is -2.01. The first-order chi connectivity index (χ1) is 4.29. The maximum absolute atomic E-state index is 10.5. The van der Waals surface area contributed by atoms with E-state index < -0.39 is 0 Å². The second-order valence-electron chi connectivity index (χ2n) is 3.20. The minimum Gasteiger partial charge on any atom is -0.302 e. The Kier molecular flexibility index (Phi) is 0.743. The molecule has 0 bridgehead atoms. The predicted molar refractivity (Wildman–Crippen MR) is 35.0 cm³/mol. The second kappa shape index (κ2) is 1.28. The molecule has 2 saturated carbocycles. The van der Waals surface area contributed by atoms with Gasteiger partial charge in [-0.2, -0.15) is 0 Å². The summed E-state index contributed by atoms with van der Waals surface area (Å²) >= 11 is 0. The third kappa shape index (κ3) is 0.432. The van der Waals surface area contributed by atoms with Crippen LogP contribution in [0.5, 0.6) is 0 Å². The number of carbonyl (C=O) groups excluding carboxylic acids is 1. The molecule has 2 aliphatic carbocycles. The van der Waals surface area contributed by atoms with Crippen molar-refractivity contribution >= 4 is 6.29 Å². The van der Waals surface area contributed by atoms with Gasteiger partial charge in [-0.1, -0.05) is 12.2 Å². The highest BCUT2D eigenvalue weighted by molar-refractivity contribution is 5.71. The van der Waals surface area contributed by atoms with E-state index in [1.54, 1.807) is 0 Å². The molecule has 0 aliphatic heterocycles. The molecule has 0 aromatic heterocycles. The number of hydrogen-bond donors (Lipinski definition) is 0. The molecule has 2 fully saturated rings. The second-order valence-corrected chi connectivity index (χ2v) is 3.20. The summed E-state index contributed by atoms with van der Waals surface area (Å²) in [5, 5.41) is 0. The van der Waals surface area contributed by atoms with Gasteiger partial charge in [0.2, 0.25) is 0 Å². The molecule has 0 aromatic carbocycles. The first kappa shape index (κ1) is 5.21. The van der Waals surface area contributed by atoms with E-state index in [1.807, 2.05) is 0 Å². The van der Waals surface area contributed by atoms with Crippen LogP contribution in [-0.4, -0.2) is 6.29 Å². The van der Waals surface area contributed by atoms with Gasteiger partial charge in [-0.3, -0.25) is 0 Å². The maximum Gasteiger partial charge on any atom is 0.130 e. The summed E-state index contributed by atoms with van der Waals surface area (Å²) in [5.74, 6) is 0.683. The number of rotatable bonds is 1. The predicted octanol–water partition coefficient (Wildman–Crippen LogP) is 1.54. The molecule has 0 aromatic rings. The smallest absolute Gasteiger partial charge is 0.130 e. The largest absolute Gasteiger partial charge is 0.302 e. The van der Waals surface area contributed by atoms with E-state index in [2.05, 4.69) is 6.58 Å². The highest BCUT2D eigenvalue weighted by Crippen LogP contribution is 2.64. The van der Waals surface area contributed by atoms with Gasteiger partial charge >= 0.3 is 0 Å². The van der Waals surface area contributed by atoms with Crippen LogP contribution in [0, 0.1) is 11.3 Å². The van der Waals surface area contributed by atoms with Crippen molar-refractivity contribution in [1.29, 1.82) is 0 Å². The topological polar surface area (TPSA) is 17.1 Å². The van der Waals surface area contributed by atoms with Crippen molar-refractivity contribution in [2.75, 3.05) is 0 Å². The van der Waals surface area contributed by atoms with Crippen LogP contribution in [0.3, 0.4) is 0 Å². The van der Waals surface area contributed by atoms with Crippen LogP contribution in [-0.2, 0) is 4.79 Å². The summed E-state index contributed by atoms with van der Waals surface area (Å²) in [7, 11) is 0. The molecule has 2 atom stereocenters. The van der Waals surface area contributed by atoms with Gasteiger partial charge in [0.1, 0.15) is 6.29 Å². The summed E-state index contributed by atoms with van der Waals surface area (Å²) in [4.78, 5) is 10.5. The molecule has 9 heavy (non-hydrogen) atoms. The quantitative estimate of drug-likeness (QED) is 0.381. The monoisotopic (exact) mass is 122 g/mol. The molecule has 0 saturated heterocycles. The number of hydrogen-bond acceptors (Lipinski definition) is 1. The Morgan fingerprint density at radius 1 is 1.78 bits per heavy atom. The number of fused-ring (bicyclic) bond motifs is 1. The highest BCUT2D eigenvalue weighted by atomic mass is 16.1. The van der Waals surface area contributed by atoms with Gasteiger partial charge in [0, 0.05) is 5.41 Å². The van der Waals surface area contributed by atoms with Gasteiger partial charge < -0.3 is 4.79 Å². The molecule has 0 heterocycles. The first-order valence-corrected chi connectivity index (χ1v) is 3.44. The fourth-order valence-electron chi connectivity index (χ4n) is 1.95. The molecular formula is C8H10O. The fourth-order valence-corrected chi connectivity index (χ4v) is 1.95. The molecule has 2 aliphatic rings. The number of aldehydes is 1. The van der Waals surface area contributed by atoms with Crippen molar-refractivity contribution in [3.8, 4) is 0 Å². The summed E-state index contributed by atoms with van der Waals surface area (Å²) in [6.07, 6.45) is 4.49. The molecule has 0 amide bonds. The van der Waals surface area contributed by atoms with Crippen molar-refractivity contribution in [3.05, 3.63) is 12.2 Å². The summed E-state index contributed by atoms with van der Waals surface area (Å²) < 4.78 is 0. The molecule has 0 N–H and O–H groups in total. The Labute approximate surface area is 54.8 Å². The standard InChI is InChI=1S/C8H10O/c1-6-2-3-7-4-8(6,7)5-9/h5,7H,1-4H2. The molecule has 1 heteroatoms. The SMILES string of the molecule is C=C1CCC2CC12C=O. The molecule has 0 spiro atoms. The van der Waals surface area contributed by atoms with Crippen LogP contribution in [0.4, 0.5) is 0 Å². The summed E-state index contributed by atoms with van der Waals surface area (Å²) in [6, 6.07) is 0. The Bertz CT molecular complexity index is 183. The zero-order valence-corrected chi connectivity index (χ0v) is 5.39. The number of carbonyl (C=O) groups is 1. The van der Waals surface area contributed by atoms with E-state index in [0.717, 1.165) is 19.1 Å². The van der Waals surface area contributed by atoms with E-state index in [4.69, 9.17) is 0 Å². The van der Waals surface area contributed by atoms with Crippen molar-refractivity contribution < 1.29 is 4.79 Å². The van der Waals surface area contributed by atoms with Gasteiger partial charge in [0.15, 0.2) is 0 Å². The lowest BCUT2D eigenvalue weighted by atomic mass is 10.0. The van der Waals surface area contributed by atoms with E-state index >= 15 is 0 Å². The third-order valence-electron chi connectivity index (χ3n) is 2.82. The van der Waals surface area contributed by atoms with Crippen LogP contribution < -0.4 is 0 Å². The van der Waals surface area contributed by atoms with Gasteiger partial charge in [-0.15, -0.1) is 0 Å². The van der Waals surface area contributed by atoms with Crippen LogP contribution in [0.25, 0.3) is 0 Å². The number of allylic oxidation sites excluding steroid dienone is 1. The Balaban J connectivity index is 2.33. The van der Waals surface area contributed by atoms with Gasteiger partial charge in [-0.05, 0) is 25.2 Å². The summed E-state index contributed by atoms with van der Waals surface area (Å²) in [6.45, 7) is 3.89. The normalized spacial score (nSPS) is 46.7. The van der Waals surface area contributed by atoms with Gasteiger partial charge in [-0.25, -0.2) is 0 Å². The minimum absolute atomic E-state index is 0.0139. The molecule has 48 valence electrons. The van der Waals surface area contributed by atoms with Crippen LogP contribution >= 0.6 is 0 Å². The van der Waals surface area contributed by atoms with Gasteiger partial charge in [0.05, 0.1) is 0 Å².